The van der Waals surface area contributed by atoms with Crippen LogP contribution in [0.3, 0.4) is 0 Å². The normalized spacial score (nSPS) is 46.3. The van der Waals surface area contributed by atoms with Gasteiger partial charge in [-0.2, -0.15) is 8.42 Å². The summed E-state index contributed by atoms with van der Waals surface area (Å²) in [7, 11) is -3.83. The van der Waals surface area contributed by atoms with Gasteiger partial charge in [-0.05, 0) is 49.4 Å². The summed E-state index contributed by atoms with van der Waals surface area (Å²) in [6.45, 7) is 0. The molecule has 98 valence electrons. The molecule has 0 saturated heterocycles. The summed E-state index contributed by atoms with van der Waals surface area (Å²) in [6, 6.07) is 0. The molecule has 0 aliphatic heterocycles. The molecule has 0 amide bonds. The first-order chi connectivity index (χ1) is 8.07. The van der Waals surface area contributed by atoms with Gasteiger partial charge in [-0.3, -0.25) is 4.55 Å². The van der Waals surface area contributed by atoms with E-state index >= 15 is 0 Å². The van der Waals surface area contributed by atoms with Crippen molar-refractivity contribution in [2.45, 2.75) is 56.6 Å². The van der Waals surface area contributed by atoms with Crippen molar-refractivity contribution in [1.29, 1.82) is 0 Å². The van der Waals surface area contributed by atoms with Crippen LogP contribution in [-0.2, 0) is 10.1 Å². The summed E-state index contributed by atoms with van der Waals surface area (Å²) in [6.07, 6.45) is 9.06. The first-order valence-electron chi connectivity index (χ1n) is 7.03. The van der Waals surface area contributed by atoms with Crippen molar-refractivity contribution in [3.8, 4) is 0 Å². The zero-order chi connectivity index (χ0) is 12.0. The molecular weight excluding hydrogens is 236 g/mol. The highest BCUT2D eigenvalue weighted by atomic mass is 32.2. The van der Waals surface area contributed by atoms with E-state index in [1.807, 2.05) is 0 Å². The molecule has 0 heterocycles. The lowest BCUT2D eigenvalue weighted by Gasteiger charge is -2.46. The van der Waals surface area contributed by atoms with Crippen molar-refractivity contribution < 1.29 is 13.0 Å². The highest BCUT2D eigenvalue weighted by Crippen LogP contribution is 2.53. The first-order valence-corrected chi connectivity index (χ1v) is 8.54. The Kier molecular flexibility index (Phi) is 2.98. The highest BCUT2D eigenvalue weighted by molar-refractivity contribution is 7.86. The van der Waals surface area contributed by atoms with Crippen LogP contribution in [0.4, 0.5) is 0 Å². The van der Waals surface area contributed by atoms with Crippen LogP contribution in [0.2, 0.25) is 0 Å². The third-order valence-corrected chi connectivity index (χ3v) is 6.85. The molecule has 3 fully saturated rings. The monoisotopic (exact) mass is 258 g/mol. The van der Waals surface area contributed by atoms with Crippen molar-refractivity contribution in [3.63, 3.8) is 0 Å². The maximum absolute atomic E-state index is 11.6. The van der Waals surface area contributed by atoms with Crippen LogP contribution in [0.25, 0.3) is 0 Å². The van der Waals surface area contributed by atoms with E-state index in [1.54, 1.807) is 0 Å². The number of fused-ring (bicyclic) bond motifs is 3. The van der Waals surface area contributed by atoms with Crippen LogP contribution in [0.5, 0.6) is 0 Å². The quantitative estimate of drug-likeness (QED) is 0.736. The minimum atomic E-state index is -3.83. The van der Waals surface area contributed by atoms with Crippen molar-refractivity contribution in [1.82, 2.24) is 0 Å². The van der Waals surface area contributed by atoms with Crippen LogP contribution in [-0.4, -0.2) is 18.2 Å². The third kappa shape index (κ3) is 2.03. The zero-order valence-corrected chi connectivity index (χ0v) is 11.0. The fourth-order valence-corrected chi connectivity index (χ4v) is 6.19. The van der Waals surface area contributed by atoms with Crippen molar-refractivity contribution in [2.75, 3.05) is 0 Å². The topological polar surface area (TPSA) is 54.4 Å². The molecule has 0 aromatic rings. The number of hydrogen-bond acceptors (Lipinski definition) is 2. The van der Waals surface area contributed by atoms with Crippen molar-refractivity contribution in [2.24, 2.45) is 23.7 Å². The molecule has 3 aliphatic rings. The number of hydrogen-bond donors (Lipinski definition) is 1. The Balaban J connectivity index is 1.91. The Morgan fingerprint density at radius 1 is 0.824 bits per heavy atom. The van der Waals surface area contributed by atoms with Gasteiger partial charge >= 0.3 is 0 Å². The maximum atomic E-state index is 11.6. The predicted molar refractivity (Wildman–Crippen MR) is 66.2 cm³/mol. The van der Waals surface area contributed by atoms with Crippen molar-refractivity contribution in [3.05, 3.63) is 0 Å². The lowest BCUT2D eigenvalue weighted by molar-refractivity contribution is 0.0735. The second kappa shape index (κ2) is 4.23. The lowest BCUT2D eigenvalue weighted by atomic mass is 9.62. The average Bonchev–Trinajstić information content (AvgIpc) is 2.74. The Morgan fingerprint density at radius 3 is 2.18 bits per heavy atom. The zero-order valence-electron chi connectivity index (χ0n) is 10.2. The summed E-state index contributed by atoms with van der Waals surface area (Å²) in [4.78, 5) is 0. The maximum Gasteiger partial charge on any atom is 0.268 e. The summed E-state index contributed by atoms with van der Waals surface area (Å²) in [5.74, 6) is 2.16. The third-order valence-electron chi connectivity index (χ3n) is 5.54. The minimum Gasteiger partial charge on any atom is -0.285 e. The summed E-state index contributed by atoms with van der Waals surface area (Å²) < 4.78 is 32.6. The molecule has 3 aliphatic carbocycles. The second-order valence-electron chi connectivity index (χ2n) is 6.26. The number of rotatable bonds is 1. The van der Waals surface area contributed by atoms with Crippen LogP contribution >= 0.6 is 0 Å². The summed E-state index contributed by atoms with van der Waals surface area (Å²) in [5.41, 5.74) is 0. The summed E-state index contributed by atoms with van der Waals surface area (Å²) in [5, 5.41) is -0.452. The molecule has 4 heteroatoms. The van der Waals surface area contributed by atoms with E-state index in [0.717, 1.165) is 25.2 Å². The van der Waals surface area contributed by atoms with E-state index in [-0.39, 0.29) is 5.92 Å². The van der Waals surface area contributed by atoms with Crippen molar-refractivity contribution >= 4 is 10.1 Å². The van der Waals surface area contributed by atoms with Crippen LogP contribution in [0, 0.1) is 23.7 Å². The van der Waals surface area contributed by atoms with E-state index in [1.165, 1.54) is 32.1 Å². The smallest absolute Gasteiger partial charge is 0.268 e. The van der Waals surface area contributed by atoms with E-state index in [0.29, 0.717) is 11.8 Å². The summed E-state index contributed by atoms with van der Waals surface area (Å²) >= 11 is 0. The fraction of sp³-hybridized carbons (Fsp3) is 1.00. The predicted octanol–water partition coefficient (Wildman–Crippen LogP) is 2.87. The van der Waals surface area contributed by atoms with Gasteiger partial charge in [-0.25, -0.2) is 0 Å². The van der Waals surface area contributed by atoms with Gasteiger partial charge in [0.25, 0.3) is 10.1 Å². The highest BCUT2D eigenvalue weighted by Gasteiger charge is 2.50. The Hall–Kier alpha value is -0.0900. The molecular formula is C13H22O3S. The Bertz CT molecular complexity index is 389. The second-order valence-corrected chi connectivity index (χ2v) is 7.89. The lowest BCUT2D eigenvalue weighted by Crippen LogP contribution is -2.46. The molecule has 3 nitrogen and oxygen atoms in total. The van der Waals surface area contributed by atoms with Gasteiger partial charge in [0, 0.05) is 0 Å². The van der Waals surface area contributed by atoms with Gasteiger partial charge in [-0.1, -0.05) is 25.7 Å². The molecule has 3 saturated carbocycles. The molecule has 0 bridgehead atoms. The van der Waals surface area contributed by atoms with Crippen LogP contribution < -0.4 is 0 Å². The molecule has 17 heavy (non-hydrogen) atoms. The first kappa shape index (κ1) is 12.0. The molecule has 0 aromatic carbocycles. The van der Waals surface area contributed by atoms with Gasteiger partial charge in [0.15, 0.2) is 0 Å². The fourth-order valence-electron chi connectivity index (χ4n) is 4.92. The standard InChI is InChI=1S/C13H22O3S/c14-17(15,16)13-8-9-4-3-7-10(9)11-5-1-2-6-12(11)13/h9-13H,1-8H2,(H,14,15,16). The molecule has 3 rings (SSSR count). The molecule has 5 unspecified atom stereocenters. The Morgan fingerprint density at radius 2 is 1.47 bits per heavy atom. The van der Waals surface area contributed by atoms with E-state index < -0.39 is 15.4 Å². The molecule has 0 spiro atoms. The van der Waals surface area contributed by atoms with E-state index in [9.17, 15) is 13.0 Å². The SMILES string of the molecule is O=S(=O)(O)C1CC2CCCC2C2CCCCC21. The van der Waals surface area contributed by atoms with Crippen LogP contribution in [0.15, 0.2) is 0 Å². The van der Waals surface area contributed by atoms with Crippen LogP contribution in [0.1, 0.15) is 51.4 Å². The van der Waals surface area contributed by atoms with E-state index in [4.69, 9.17) is 0 Å². The Labute approximate surface area is 104 Å². The van der Waals surface area contributed by atoms with Gasteiger partial charge in [-0.15, -0.1) is 0 Å². The average molecular weight is 258 g/mol. The molecule has 1 N–H and O–H groups in total. The van der Waals surface area contributed by atoms with Gasteiger partial charge in [0.05, 0.1) is 5.25 Å². The largest absolute Gasteiger partial charge is 0.285 e. The molecule has 0 aromatic heterocycles. The minimum absolute atomic E-state index is 0.248. The van der Waals surface area contributed by atoms with Gasteiger partial charge in [0.2, 0.25) is 0 Å². The van der Waals surface area contributed by atoms with E-state index in [2.05, 4.69) is 0 Å². The van der Waals surface area contributed by atoms with Gasteiger partial charge in [0.1, 0.15) is 0 Å². The molecule has 5 atom stereocenters. The molecule has 0 radical (unpaired) electrons. The van der Waals surface area contributed by atoms with Gasteiger partial charge < -0.3 is 0 Å².